The van der Waals surface area contributed by atoms with Crippen LogP contribution in [0.15, 0.2) is 0 Å². The molecule has 1 amide bonds. The second-order valence-corrected chi connectivity index (χ2v) is 3.89. The minimum Gasteiger partial charge on any atom is -0.320 e. The Hall–Kier alpha value is -0.610. The first-order valence-electron chi connectivity index (χ1n) is 5.45. The third-order valence-electron chi connectivity index (χ3n) is 2.56. The standard InChI is InChI=1S/C10H20N2O2/c1-2-5-9(11)10(13)12-14-8-6-3-4-7-8/h8-9H,2-7,11H2,1H3,(H,12,13). The molecule has 1 atom stereocenters. The number of carbonyl (C=O) groups is 1. The van der Waals surface area contributed by atoms with Crippen molar-refractivity contribution in [2.45, 2.75) is 57.6 Å². The molecule has 0 aromatic rings. The Labute approximate surface area is 85.1 Å². The fourth-order valence-corrected chi connectivity index (χ4v) is 1.67. The van der Waals surface area contributed by atoms with Gasteiger partial charge in [-0.15, -0.1) is 0 Å². The molecule has 0 saturated heterocycles. The van der Waals surface area contributed by atoms with E-state index < -0.39 is 6.04 Å². The SMILES string of the molecule is CCCC(N)C(=O)NOC1CCCC1. The normalized spacial score (nSPS) is 19.6. The van der Waals surface area contributed by atoms with Gasteiger partial charge in [0.15, 0.2) is 0 Å². The Balaban J connectivity index is 2.13. The smallest absolute Gasteiger partial charge is 0.260 e. The van der Waals surface area contributed by atoms with E-state index in [1.54, 1.807) is 0 Å². The van der Waals surface area contributed by atoms with E-state index in [1.807, 2.05) is 6.92 Å². The summed E-state index contributed by atoms with van der Waals surface area (Å²) >= 11 is 0. The van der Waals surface area contributed by atoms with E-state index in [0.29, 0.717) is 6.42 Å². The summed E-state index contributed by atoms with van der Waals surface area (Å²) in [5.74, 6) is -0.196. The molecule has 0 aromatic carbocycles. The third-order valence-corrected chi connectivity index (χ3v) is 2.56. The van der Waals surface area contributed by atoms with Crippen LogP contribution in [0.4, 0.5) is 0 Å². The van der Waals surface area contributed by atoms with Gasteiger partial charge in [-0.1, -0.05) is 26.2 Å². The van der Waals surface area contributed by atoms with Crippen molar-refractivity contribution in [2.24, 2.45) is 5.73 Å². The highest BCUT2D eigenvalue weighted by atomic mass is 16.7. The monoisotopic (exact) mass is 200 g/mol. The Morgan fingerprint density at radius 1 is 1.57 bits per heavy atom. The predicted molar refractivity (Wildman–Crippen MR) is 54.4 cm³/mol. The highest BCUT2D eigenvalue weighted by Crippen LogP contribution is 2.19. The zero-order valence-corrected chi connectivity index (χ0v) is 8.79. The van der Waals surface area contributed by atoms with E-state index >= 15 is 0 Å². The lowest BCUT2D eigenvalue weighted by atomic mass is 10.2. The number of hydroxylamine groups is 1. The summed E-state index contributed by atoms with van der Waals surface area (Å²) in [7, 11) is 0. The lowest BCUT2D eigenvalue weighted by Gasteiger charge is -2.14. The minimum atomic E-state index is -0.429. The molecular weight excluding hydrogens is 180 g/mol. The quantitative estimate of drug-likeness (QED) is 0.653. The molecule has 0 heterocycles. The van der Waals surface area contributed by atoms with E-state index in [0.717, 1.165) is 19.3 Å². The van der Waals surface area contributed by atoms with Gasteiger partial charge in [-0.05, 0) is 19.3 Å². The first-order valence-corrected chi connectivity index (χ1v) is 5.45. The Kier molecular flexibility index (Phi) is 4.90. The van der Waals surface area contributed by atoms with E-state index in [2.05, 4.69) is 5.48 Å². The van der Waals surface area contributed by atoms with Crippen molar-refractivity contribution < 1.29 is 9.63 Å². The first kappa shape index (κ1) is 11.5. The summed E-state index contributed by atoms with van der Waals surface area (Å²) in [5.41, 5.74) is 8.07. The van der Waals surface area contributed by atoms with Gasteiger partial charge in [0, 0.05) is 0 Å². The topological polar surface area (TPSA) is 64.4 Å². The molecule has 4 heteroatoms. The van der Waals surface area contributed by atoms with Gasteiger partial charge >= 0.3 is 0 Å². The maximum atomic E-state index is 11.3. The molecule has 1 unspecified atom stereocenters. The average molecular weight is 200 g/mol. The number of carbonyl (C=O) groups excluding carboxylic acids is 1. The molecule has 4 nitrogen and oxygen atoms in total. The van der Waals surface area contributed by atoms with Crippen LogP contribution in [-0.2, 0) is 9.63 Å². The van der Waals surface area contributed by atoms with Crippen LogP contribution in [0, 0.1) is 0 Å². The lowest BCUT2D eigenvalue weighted by Crippen LogP contribution is -2.41. The molecule has 14 heavy (non-hydrogen) atoms. The Morgan fingerprint density at radius 3 is 2.79 bits per heavy atom. The van der Waals surface area contributed by atoms with Crippen LogP contribution >= 0.6 is 0 Å². The fraction of sp³-hybridized carbons (Fsp3) is 0.900. The van der Waals surface area contributed by atoms with Gasteiger partial charge in [-0.25, -0.2) is 5.48 Å². The number of hydrogen-bond acceptors (Lipinski definition) is 3. The number of rotatable bonds is 5. The maximum Gasteiger partial charge on any atom is 0.260 e. The molecule has 3 N–H and O–H groups in total. The summed E-state index contributed by atoms with van der Waals surface area (Å²) in [6, 6.07) is -0.429. The Morgan fingerprint density at radius 2 is 2.21 bits per heavy atom. The molecule has 1 fully saturated rings. The molecule has 0 spiro atoms. The summed E-state index contributed by atoms with van der Waals surface area (Å²) in [5, 5.41) is 0. The summed E-state index contributed by atoms with van der Waals surface area (Å²) < 4.78 is 0. The van der Waals surface area contributed by atoms with Gasteiger partial charge in [0.25, 0.3) is 5.91 Å². The summed E-state index contributed by atoms with van der Waals surface area (Å²) in [6.07, 6.45) is 6.31. The molecule has 0 aliphatic heterocycles. The number of nitrogens with one attached hydrogen (secondary N) is 1. The van der Waals surface area contributed by atoms with E-state index in [1.165, 1.54) is 12.8 Å². The molecule has 82 valence electrons. The molecule has 0 radical (unpaired) electrons. The largest absolute Gasteiger partial charge is 0.320 e. The molecule has 1 rings (SSSR count). The summed E-state index contributed by atoms with van der Waals surface area (Å²) in [6.45, 7) is 2.00. The number of hydrogen-bond donors (Lipinski definition) is 2. The molecule has 1 aliphatic rings. The molecular formula is C10H20N2O2. The highest BCUT2D eigenvalue weighted by molar-refractivity contribution is 5.80. The lowest BCUT2D eigenvalue weighted by molar-refractivity contribution is -0.139. The number of nitrogens with two attached hydrogens (primary N) is 1. The van der Waals surface area contributed by atoms with Crippen molar-refractivity contribution in [1.82, 2.24) is 5.48 Å². The van der Waals surface area contributed by atoms with Crippen molar-refractivity contribution in [3.63, 3.8) is 0 Å². The van der Waals surface area contributed by atoms with Gasteiger partial charge in [-0.2, -0.15) is 0 Å². The van der Waals surface area contributed by atoms with Gasteiger partial charge in [0.1, 0.15) is 0 Å². The maximum absolute atomic E-state index is 11.3. The fourth-order valence-electron chi connectivity index (χ4n) is 1.67. The third kappa shape index (κ3) is 3.64. The van der Waals surface area contributed by atoms with Crippen LogP contribution in [0.5, 0.6) is 0 Å². The average Bonchev–Trinajstić information content (AvgIpc) is 2.67. The van der Waals surface area contributed by atoms with Crippen molar-refractivity contribution in [3.05, 3.63) is 0 Å². The highest BCUT2D eigenvalue weighted by Gasteiger charge is 2.18. The van der Waals surface area contributed by atoms with Gasteiger partial charge in [0.2, 0.25) is 0 Å². The van der Waals surface area contributed by atoms with Gasteiger partial charge < -0.3 is 5.73 Å². The molecule has 0 bridgehead atoms. The van der Waals surface area contributed by atoms with Crippen LogP contribution in [-0.4, -0.2) is 18.1 Å². The molecule has 1 saturated carbocycles. The van der Waals surface area contributed by atoms with Crippen LogP contribution < -0.4 is 11.2 Å². The van der Waals surface area contributed by atoms with Gasteiger partial charge in [0.05, 0.1) is 12.1 Å². The molecule has 1 aliphatic carbocycles. The number of amides is 1. The second-order valence-electron chi connectivity index (χ2n) is 3.89. The Bertz CT molecular complexity index is 179. The zero-order valence-electron chi connectivity index (χ0n) is 8.79. The zero-order chi connectivity index (χ0) is 10.4. The summed E-state index contributed by atoms with van der Waals surface area (Å²) in [4.78, 5) is 16.6. The van der Waals surface area contributed by atoms with E-state index in [4.69, 9.17) is 10.6 Å². The van der Waals surface area contributed by atoms with Crippen molar-refractivity contribution in [2.75, 3.05) is 0 Å². The van der Waals surface area contributed by atoms with Crippen molar-refractivity contribution in [1.29, 1.82) is 0 Å². The van der Waals surface area contributed by atoms with Gasteiger partial charge in [-0.3, -0.25) is 9.63 Å². The van der Waals surface area contributed by atoms with E-state index in [-0.39, 0.29) is 12.0 Å². The van der Waals surface area contributed by atoms with Crippen molar-refractivity contribution in [3.8, 4) is 0 Å². The minimum absolute atomic E-state index is 0.196. The predicted octanol–water partition coefficient (Wildman–Crippen LogP) is 1.10. The van der Waals surface area contributed by atoms with Crippen LogP contribution in [0.1, 0.15) is 45.4 Å². The second kappa shape index (κ2) is 5.98. The van der Waals surface area contributed by atoms with Crippen molar-refractivity contribution >= 4 is 5.91 Å². The van der Waals surface area contributed by atoms with Crippen LogP contribution in [0.2, 0.25) is 0 Å². The van der Waals surface area contributed by atoms with Crippen LogP contribution in [0.25, 0.3) is 0 Å². The molecule has 0 aromatic heterocycles. The first-order chi connectivity index (χ1) is 6.74. The van der Waals surface area contributed by atoms with E-state index in [9.17, 15) is 4.79 Å². The van der Waals surface area contributed by atoms with Crippen LogP contribution in [0.3, 0.4) is 0 Å².